The second kappa shape index (κ2) is 8.49. The Kier molecular flexibility index (Phi) is 5.86. The van der Waals surface area contributed by atoms with Crippen molar-refractivity contribution in [2.75, 3.05) is 17.7 Å². The molecule has 1 heterocycles. The van der Waals surface area contributed by atoms with Gasteiger partial charge in [-0.3, -0.25) is 4.79 Å². The van der Waals surface area contributed by atoms with Crippen molar-refractivity contribution >= 4 is 40.7 Å². The first kappa shape index (κ1) is 19.3. The fourth-order valence-electron chi connectivity index (χ4n) is 2.46. The van der Waals surface area contributed by atoms with E-state index in [0.29, 0.717) is 22.1 Å². The van der Waals surface area contributed by atoms with Crippen molar-refractivity contribution in [2.24, 2.45) is 0 Å². The Hall–Kier alpha value is -3.45. The third-order valence-corrected chi connectivity index (χ3v) is 4.13. The summed E-state index contributed by atoms with van der Waals surface area (Å²) in [4.78, 5) is 23.9. The molecule has 0 saturated carbocycles. The van der Waals surface area contributed by atoms with Gasteiger partial charge in [0.15, 0.2) is 11.5 Å². The second-order valence-corrected chi connectivity index (χ2v) is 6.35. The third-order valence-electron chi connectivity index (χ3n) is 3.89. The summed E-state index contributed by atoms with van der Waals surface area (Å²) in [5, 5.41) is 14.4. The van der Waals surface area contributed by atoms with Crippen molar-refractivity contribution in [3.63, 3.8) is 0 Å². The Morgan fingerprint density at radius 3 is 2.54 bits per heavy atom. The summed E-state index contributed by atoms with van der Waals surface area (Å²) in [6.07, 6.45) is 0. The molecule has 28 heavy (non-hydrogen) atoms. The molecule has 3 rings (SSSR count). The number of amides is 1. The van der Waals surface area contributed by atoms with Crippen LogP contribution in [0.4, 0.5) is 17.2 Å². The number of carbonyl (C=O) groups is 2. The van der Waals surface area contributed by atoms with E-state index in [-0.39, 0.29) is 5.69 Å². The summed E-state index contributed by atoms with van der Waals surface area (Å²) < 4.78 is 4.67. The molecular formula is C20H17ClN4O3. The van der Waals surface area contributed by atoms with Crippen LogP contribution in [0.1, 0.15) is 26.4 Å². The molecule has 0 aliphatic heterocycles. The largest absolute Gasteiger partial charge is 0.465 e. The van der Waals surface area contributed by atoms with Gasteiger partial charge >= 0.3 is 5.97 Å². The number of anilines is 3. The number of rotatable bonds is 5. The first-order valence-electron chi connectivity index (χ1n) is 8.33. The molecule has 0 aliphatic rings. The van der Waals surface area contributed by atoms with Crippen LogP contribution < -0.4 is 10.6 Å². The number of hydrogen-bond acceptors (Lipinski definition) is 6. The molecule has 0 aliphatic carbocycles. The highest BCUT2D eigenvalue weighted by Crippen LogP contribution is 2.22. The first-order chi connectivity index (χ1) is 13.5. The smallest absolute Gasteiger partial charge is 0.337 e. The molecule has 0 atom stereocenters. The van der Waals surface area contributed by atoms with Gasteiger partial charge in [-0.05, 0) is 61.0 Å². The van der Waals surface area contributed by atoms with E-state index in [1.807, 2.05) is 19.1 Å². The first-order valence-corrected chi connectivity index (χ1v) is 8.70. The average Bonchev–Trinajstić information content (AvgIpc) is 2.70. The van der Waals surface area contributed by atoms with Gasteiger partial charge in [-0.15, -0.1) is 10.2 Å². The van der Waals surface area contributed by atoms with Crippen LogP contribution in [0.25, 0.3) is 0 Å². The number of carbonyl (C=O) groups excluding carboxylic acids is 2. The highest BCUT2D eigenvalue weighted by atomic mass is 35.5. The summed E-state index contributed by atoms with van der Waals surface area (Å²) >= 11 is 5.95. The van der Waals surface area contributed by atoms with Gasteiger partial charge in [-0.2, -0.15) is 0 Å². The van der Waals surface area contributed by atoms with Crippen molar-refractivity contribution in [1.29, 1.82) is 0 Å². The number of aromatic nitrogens is 2. The average molecular weight is 397 g/mol. The van der Waals surface area contributed by atoms with E-state index < -0.39 is 11.9 Å². The molecule has 0 spiro atoms. The Balaban J connectivity index is 1.69. The van der Waals surface area contributed by atoms with Crippen molar-refractivity contribution in [3.05, 3.63) is 76.4 Å². The Bertz CT molecular complexity index is 1020. The molecule has 8 heteroatoms. The van der Waals surface area contributed by atoms with E-state index in [1.54, 1.807) is 36.4 Å². The van der Waals surface area contributed by atoms with Gasteiger partial charge in [0.2, 0.25) is 0 Å². The molecule has 0 fully saturated rings. The van der Waals surface area contributed by atoms with Gasteiger partial charge < -0.3 is 15.4 Å². The SMILES string of the molecule is COC(=O)c1cccc(NC(=O)c2ccc(Nc3ccc(Cl)cc3C)nn2)c1. The van der Waals surface area contributed by atoms with Gasteiger partial charge in [0.05, 0.1) is 12.7 Å². The monoisotopic (exact) mass is 396 g/mol. The Morgan fingerprint density at radius 2 is 1.86 bits per heavy atom. The van der Waals surface area contributed by atoms with Crippen LogP contribution in [0.2, 0.25) is 5.02 Å². The number of nitrogens with zero attached hydrogens (tertiary/aromatic N) is 2. The number of hydrogen-bond donors (Lipinski definition) is 2. The fraction of sp³-hybridized carbons (Fsp3) is 0.100. The van der Waals surface area contributed by atoms with Gasteiger partial charge in [0.1, 0.15) is 0 Å². The van der Waals surface area contributed by atoms with Gasteiger partial charge in [-0.25, -0.2) is 4.79 Å². The maximum Gasteiger partial charge on any atom is 0.337 e. The van der Waals surface area contributed by atoms with Crippen molar-refractivity contribution in [2.45, 2.75) is 6.92 Å². The van der Waals surface area contributed by atoms with E-state index in [0.717, 1.165) is 11.3 Å². The maximum atomic E-state index is 12.4. The lowest BCUT2D eigenvalue weighted by Gasteiger charge is -2.09. The third kappa shape index (κ3) is 4.63. The molecule has 0 saturated heterocycles. The zero-order valence-corrected chi connectivity index (χ0v) is 15.9. The van der Waals surface area contributed by atoms with Crippen LogP contribution in [0, 0.1) is 6.92 Å². The van der Waals surface area contributed by atoms with Crippen molar-refractivity contribution in [3.8, 4) is 0 Å². The molecular weight excluding hydrogens is 380 g/mol. The van der Waals surface area contributed by atoms with Crippen LogP contribution in [-0.4, -0.2) is 29.2 Å². The molecule has 1 amide bonds. The predicted octanol–water partition coefficient (Wildman–Crippen LogP) is 4.22. The molecule has 1 aromatic heterocycles. The highest BCUT2D eigenvalue weighted by molar-refractivity contribution is 6.30. The lowest BCUT2D eigenvalue weighted by molar-refractivity contribution is 0.0600. The fourth-order valence-corrected chi connectivity index (χ4v) is 2.69. The van der Waals surface area contributed by atoms with E-state index in [9.17, 15) is 9.59 Å². The summed E-state index contributed by atoms with van der Waals surface area (Å²) in [7, 11) is 1.30. The number of aryl methyl sites for hydroxylation is 1. The van der Waals surface area contributed by atoms with E-state index in [1.165, 1.54) is 13.2 Å². The minimum absolute atomic E-state index is 0.141. The minimum Gasteiger partial charge on any atom is -0.465 e. The number of methoxy groups -OCH3 is 1. The van der Waals surface area contributed by atoms with Crippen molar-refractivity contribution in [1.82, 2.24) is 10.2 Å². The van der Waals surface area contributed by atoms with Crippen LogP contribution in [0.15, 0.2) is 54.6 Å². The molecule has 2 N–H and O–H groups in total. The maximum absolute atomic E-state index is 12.4. The zero-order valence-electron chi connectivity index (χ0n) is 15.2. The summed E-state index contributed by atoms with van der Waals surface area (Å²) in [5.41, 5.74) is 2.73. The summed E-state index contributed by atoms with van der Waals surface area (Å²) in [6.45, 7) is 1.92. The standard InChI is InChI=1S/C20H17ClN4O3/c1-12-10-14(21)6-7-16(12)23-18-9-8-17(24-25-18)19(26)22-15-5-3-4-13(11-15)20(27)28-2/h3-11H,1-2H3,(H,22,26)(H,23,25). The highest BCUT2D eigenvalue weighted by Gasteiger charge is 2.11. The van der Waals surface area contributed by atoms with E-state index in [4.69, 9.17) is 11.6 Å². The lowest BCUT2D eigenvalue weighted by Crippen LogP contribution is -2.15. The van der Waals surface area contributed by atoms with Crippen LogP contribution in [-0.2, 0) is 4.74 Å². The van der Waals surface area contributed by atoms with Gasteiger partial charge in [-0.1, -0.05) is 17.7 Å². The van der Waals surface area contributed by atoms with E-state index >= 15 is 0 Å². The molecule has 0 bridgehead atoms. The zero-order chi connectivity index (χ0) is 20.1. The topological polar surface area (TPSA) is 93.2 Å². The molecule has 3 aromatic rings. The van der Waals surface area contributed by atoms with Crippen molar-refractivity contribution < 1.29 is 14.3 Å². The van der Waals surface area contributed by atoms with Crippen LogP contribution >= 0.6 is 11.6 Å². The van der Waals surface area contributed by atoms with Gasteiger partial charge in [0, 0.05) is 16.4 Å². The number of halogens is 1. The Morgan fingerprint density at radius 1 is 1.04 bits per heavy atom. The second-order valence-electron chi connectivity index (χ2n) is 5.91. The lowest BCUT2D eigenvalue weighted by atomic mass is 10.2. The van der Waals surface area contributed by atoms with E-state index in [2.05, 4.69) is 25.6 Å². The van der Waals surface area contributed by atoms with Crippen LogP contribution in [0.3, 0.4) is 0 Å². The number of nitrogens with one attached hydrogen (secondary N) is 2. The molecule has 0 radical (unpaired) electrons. The Labute approximate surface area is 166 Å². The van der Waals surface area contributed by atoms with Crippen LogP contribution in [0.5, 0.6) is 0 Å². The number of esters is 1. The normalized spacial score (nSPS) is 10.2. The number of ether oxygens (including phenoxy) is 1. The summed E-state index contributed by atoms with van der Waals surface area (Å²) in [6, 6.07) is 15.1. The number of benzene rings is 2. The molecule has 7 nitrogen and oxygen atoms in total. The summed E-state index contributed by atoms with van der Waals surface area (Å²) in [5.74, 6) is -0.429. The molecule has 0 unspecified atom stereocenters. The quantitative estimate of drug-likeness (QED) is 0.627. The van der Waals surface area contributed by atoms with Gasteiger partial charge in [0.25, 0.3) is 5.91 Å². The molecule has 2 aromatic carbocycles. The minimum atomic E-state index is -0.483. The predicted molar refractivity (Wildman–Crippen MR) is 107 cm³/mol. The molecule has 142 valence electrons.